The lowest BCUT2D eigenvalue weighted by Crippen LogP contribution is -2.28. The fraction of sp³-hybridized carbons (Fsp3) is 0.621. The summed E-state index contributed by atoms with van der Waals surface area (Å²) in [6, 6.07) is 7.76. The zero-order valence-corrected chi connectivity index (χ0v) is 24.8. The van der Waals surface area contributed by atoms with Crippen LogP contribution in [0.15, 0.2) is 40.6 Å². The van der Waals surface area contributed by atoms with E-state index < -0.39 is 0 Å². The summed E-state index contributed by atoms with van der Waals surface area (Å²) >= 11 is 0. The van der Waals surface area contributed by atoms with Gasteiger partial charge in [-0.15, -0.1) is 0 Å². The molecule has 3 atom stereocenters. The Hall–Kier alpha value is -2.87. The van der Waals surface area contributed by atoms with Crippen LogP contribution in [0.5, 0.6) is 0 Å². The van der Waals surface area contributed by atoms with Crippen molar-refractivity contribution in [2.75, 3.05) is 26.0 Å². The molecule has 0 radical (unpaired) electrons. The molecule has 0 unspecified atom stereocenters. The quantitative estimate of drug-likeness (QED) is 0.332. The Kier molecular flexibility index (Phi) is 18.9. The summed E-state index contributed by atoms with van der Waals surface area (Å²) in [5, 5.41) is 22.6. The molecule has 0 spiro atoms. The summed E-state index contributed by atoms with van der Waals surface area (Å²) in [5.41, 5.74) is 2.83. The summed E-state index contributed by atoms with van der Waals surface area (Å²) in [5.74, 6) is 0.474. The van der Waals surface area contributed by atoms with Gasteiger partial charge in [0.2, 0.25) is 5.91 Å². The molecule has 0 fully saturated rings. The molecule has 1 amide bonds. The number of nitrogens with zero attached hydrogens (tertiary/aromatic N) is 2. The van der Waals surface area contributed by atoms with E-state index in [9.17, 15) is 19.5 Å². The third-order valence-electron chi connectivity index (χ3n) is 5.88. The van der Waals surface area contributed by atoms with Crippen LogP contribution in [-0.4, -0.2) is 49.3 Å². The molecule has 0 aliphatic heterocycles. The molecule has 0 saturated carbocycles. The van der Waals surface area contributed by atoms with Crippen molar-refractivity contribution in [2.24, 2.45) is 27.5 Å². The van der Waals surface area contributed by atoms with Gasteiger partial charge in [-0.2, -0.15) is 10.2 Å². The van der Waals surface area contributed by atoms with Crippen LogP contribution < -0.4 is 10.6 Å². The highest BCUT2D eigenvalue weighted by molar-refractivity contribution is 5.80. The number of aliphatic hydroxyl groups excluding tert-OH is 1. The monoisotopic (exact) mass is 518 g/mol. The second kappa shape index (κ2) is 19.3. The maximum absolute atomic E-state index is 10.9. The number of aliphatic hydroxyl groups is 1. The molecule has 1 aromatic rings. The summed E-state index contributed by atoms with van der Waals surface area (Å²) in [6.07, 6.45) is 2.82. The number of carbonyl (C=O) groups is 3. The van der Waals surface area contributed by atoms with Crippen molar-refractivity contribution >= 4 is 28.9 Å². The van der Waals surface area contributed by atoms with Gasteiger partial charge >= 0.3 is 0 Å². The number of nitrogens with one attached hydrogen (secondary N) is 2. The van der Waals surface area contributed by atoms with Gasteiger partial charge in [-0.25, -0.2) is 0 Å². The summed E-state index contributed by atoms with van der Waals surface area (Å²) < 4.78 is 0. The highest BCUT2D eigenvalue weighted by Crippen LogP contribution is 2.25. The summed E-state index contributed by atoms with van der Waals surface area (Å²) in [4.78, 5) is 32.6. The number of azo groups is 1. The maximum Gasteiger partial charge on any atom is 0.222 e. The number of benzene rings is 1. The number of rotatable bonds is 10. The summed E-state index contributed by atoms with van der Waals surface area (Å²) in [6.45, 7) is 17.4. The van der Waals surface area contributed by atoms with E-state index in [-0.39, 0.29) is 40.8 Å². The number of hydrogen-bond donors (Lipinski definition) is 3. The minimum absolute atomic E-state index is 0.00231. The molecule has 3 N–H and O–H groups in total. The molecule has 0 aliphatic carbocycles. The van der Waals surface area contributed by atoms with E-state index in [1.807, 2.05) is 58.0 Å². The Labute approximate surface area is 224 Å². The number of amides is 1. The van der Waals surface area contributed by atoms with Crippen LogP contribution in [0, 0.1) is 17.3 Å². The minimum Gasteiger partial charge on any atom is -0.393 e. The van der Waals surface area contributed by atoms with E-state index in [2.05, 4.69) is 41.6 Å². The van der Waals surface area contributed by atoms with Crippen molar-refractivity contribution in [3.05, 3.63) is 35.9 Å². The predicted molar refractivity (Wildman–Crippen MR) is 153 cm³/mol. The molecule has 0 heterocycles. The number of Topliss-reactive ketones (excluding diaryl/α,β-unsaturated/α-hetero) is 2. The van der Waals surface area contributed by atoms with Gasteiger partial charge in [0, 0.05) is 37.2 Å². The zero-order chi connectivity index (χ0) is 29.2. The number of allylic oxidation sites excluding steroid dienone is 1. The van der Waals surface area contributed by atoms with Crippen molar-refractivity contribution in [2.45, 2.75) is 81.3 Å². The average Bonchev–Trinajstić information content (AvgIpc) is 2.85. The SMILES string of the molecule is C/C=C(\N=NC)c1cccc(NCC(C)=O)c1.CC(=O)[C@@H](C)C(C)(C)C.CC[C@H](O)C[C@H](C)C(=O)NC. The second-order valence-electron chi connectivity index (χ2n) is 10.1. The van der Waals surface area contributed by atoms with Crippen LogP contribution in [0.1, 0.15) is 80.7 Å². The van der Waals surface area contributed by atoms with Gasteiger partial charge in [0.15, 0.2) is 0 Å². The van der Waals surface area contributed by atoms with Crippen molar-refractivity contribution in [3.8, 4) is 0 Å². The molecule has 0 saturated heterocycles. The highest BCUT2D eigenvalue weighted by atomic mass is 16.3. The number of ketones is 2. The van der Waals surface area contributed by atoms with Gasteiger partial charge in [-0.3, -0.25) is 14.4 Å². The molecule has 210 valence electrons. The Balaban J connectivity index is 0. The van der Waals surface area contributed by atoms with Crippen LogP contribution in [0.25, 0.3) is 5.70 Å². The number of hydrogen-bond acceptors (Lipinski definition) is 7. The van der Waals surface area contributed by atoms with Crippen LogP contribution in [0.2, 0.25) is 0 Å². The van der Waals surface area contributed by atoms with Crippen LogP contribution in [0.4, 0.5) is 5.69 Å². The van der Waals surface area contributed by atoms with Gasteiger partial charge in [0.05, 0.1) is 18.3 Å². The first-order valence-corrected chi connectivity index (χ1v) is 12.8. The molecule has 8 nitrogen and oxygen atoms in total. The van der Waals surface area contributed by atoms with Crippen molar-refractivity contribution in [3.63, 3.8) is 0 Å². The third kappa shape index (κ3) is 17.3. The first-order chi connectivity index (χ1) is 17.1. The number of carbonyl (C=O) groups excluding carboxylic acids is 3. The van der Waals surface area contributed by atoms with Crippen molar-refractivity contribution in [1.29, 1.82) is 0 Å². The van der Waals surface area contributed by atoms with Gasteiger partial charge < -0.3 is 15.7 Å². The molecule has 1 aromatic carbocycles. The van der Waals surface area contributed by atoms with Crippen molar-refractivity contribution in [1.82, 2.24) is 5.32 Å². The fourth-order valence-corrected chi connectivity index (χ4v) is 2.94. The normalized spacial score (nSPS) is 13.8. The number of anilines is 1. The van der Waals surface area contributed by atoms with E-state index in [1.165, 1.54) is 0 Å². The van der Waals surface area contributed by atoms with Gasteiger partial charge in [-0.05, 0) is 51.2 Å². The second-order valence-corrected chi connectivity index (χ2v) is 10.1. The van der Waals surface area contributed by atoms with E-state index in [4.69, 9.17) is 0 Å². The minimum atomic E-state index is -0.345. The van der Waals surface area contributed by atoms with Crippen LogP contribution >= 0.6 is 0 Å². The van der Waals surface area contributed by atoms with Gasteiger partial charge in [-0.1, -0.05) is 59.8 Å². The summed E-state index contributed by atoms with van der Waals surface area (Å²) in [7, 11) is 3.25. The van der Waals surface area contributed by atoms with E-state index in [1.54, 1.807) is 27.9 Å². The van der Waals surface area contributed by atoms with E-state index in [0.717, 1.165) is 16.9 Å². The topological polar surface area (TPSA) is 120 Å². The molecular weight excluding hydrogens is 468 g/mol. The van der Waals surface area contributed by atoms with Crippen molar-refractivity contribution < 1.29 is 19.5 Å². The predicted octanol–water partition coefficient (Wildman–Crippen LogP) is 5.92. The molecule has 8 heteroatoms. The van der Waals surface area contributed by atoms with Gasteiger partial charge in [0.25, 0.3) is 0 Å². The lowest BCUT2D eigenvalue weighted by molar-refractivity contribution is -0.125. The third-order valence-corrected chi connectivity index (χ3v) is 5.88. The zero-order valence-electron chi connectivity index (χ0n) is 24.8. The van der Waals surface area contributed by atoms with Gasteiger partial charge in [0.1, 0.15) is 11.6 Å². The largest absolute Gasteiger partial charge is 0.393 e. The van der Waals surface area contributed by atoms with Crippen LogP contribution in [-0.2, 0) is 14.4 Å². The fourth-order valence-electron chi connectivity index (χ4n) is 2.94. The first-order valence-electron chi connectivity index (χ1n) is 12.8. The Morgan fingerprint density at radius 3 is 2.11 bits per heavy atom. The molecule has 0 aliphatic rings. The van der Waals surface area contributed by atoms with E-state index >= 15 is 0 Å². The lowest BCUT2D eigenvalue weighted by Gasteiger charge is -2.24. The van der Waals surface area contributed by atoms with E-state index in [0.29, 0.717) is 19.4 Å². The molecule has 1 rings (SSSR count). The highest BCUT2D eigenvalue weighted by Gasteiger charge is 2.23. The molecule has 37 heavy (non-hydrogen) atoms. The maximum atomic E-state index is 10.9. The lowest BCUT2D eigenvalue weighted by atomic mass is 9.80. The standard InChI is InChI=1S/C13H17N3O.C8H17NO2.C8H16O/c1-4-13(16-14-3)11-6-5-7-12(8-11)15-9-10(2)17;1-4-7(10)5-6(2)8(11)9-3;1-6(7(2)9)8(3,4)5/h4-8,15H,9H2,1-3H3;6-7,10H,4-5H2,1-3H3,(H,9,11);6H,1-5H3/b13-4-,16-14?;;/t;6-,7-;6-/m.01/s1. The first kappa shape index (κ1) is 36.3. The molecule has 0 aromatic heterocycles. The molecular formula is C29H50N4O4. The van der Waals surface area contributed by atoms with Crippen LogP contribution in [0.3, 0.4) is 0 Å². The Morgan fingerprint density at radius 1 is 1.14 bits per heavy atom. The Bertz CT molecular complexity index is 888. The average molecular weight is 519 g/mol. The smallest absolute Gasteiger partial charge is 0.222 e. The Morgan fingerprint density at radius 2 is 1.73 bits per heavy atom. The molecule has 0 bridgehead atoms.